The minimum atomic E-state index is -4.57. The molecule has 254 valence electrons. The van der Waals surface area contributed by atoms with Crippen molar-refractivity contribution in [1.82, 2.24) is 19.1 Å². The maximum atomic E-state index is 16.4. The molecule has 10 atom stereocenters. The molecule has 4 aliphatic heterocycles. The number of halogens is 3. The van der Waals surface area contributed by atoms with Crippen LogP contribution in [0.2, 0.25) is 10.0 Å². The summed E-state index contributed by atoms with van der Waals surface area (Å²) < 4.78 is 80.2. The van der Waals surface area contributed by atoms with Gasteiger partial charge >= 0.3 is 0 Å². The fourth-order valence-corrected chi connectivity index (χ4v) is 8.92. The molecule has 15 nitrogen and oxygen atoms in total. The highest BCUT2D eigenvalue weighted by atomic mass is 35.5. The fraction of sp³-hybridized carbons (Fsp3) is 0.444. The van der Waals surface area contributed by atoms with Gasteiger partial charge in [-0.05, 0) is 30.2 Å². The van der Waals surface area contributed by atoms with E-state index in [0.717, 1.165) is 5.56 Å². The number of aromatic nitrogens is 4. The lowest BCUT2D eigenvalue weighted by molar-refractivity contribution is -0.116. The first-order valence-corrected chi connectivity index (χ1v) is 18.9. The predicted octanol–water partition coefficient (Wildman–Crippen LogP) is 4.14. The topological polar surface area (TPSA) is 174 Å². The molecule has 0 aliphatic carbocycles. The third-order valence-electron chi connectivity index (χ3n) is 8.80. The first kappa shape index (κ1) is 33.8. The number of nitrogens with zero attached hydrogens (tertiary/aromatic N) is 4. The SMILES string of the molecule is [B]P1(=O)OC[C@H]2O[C@@H](n3cnc4cc(Cl)c(Cl)cc43)C(O)[C@H]2OP([B])(=O)OC[C@H]2O[C@@H](n3cc4c5c(ccnc53)NC(=O)CC4)[C@@H](F)C2O1. The summed E-state index contributed by atoms with van der Waals surface area (Å²) in [5.74, 6) is -0.172. The smallest absolute Gasteiger partial charge is 0.264 e. The van der Waals surface area contributed by atoms with Crippen LogP contribution in [0, 0.1) is 0 Å². The molecule has 3 fully saturated rings. The molecule has 0 saturated carbocycles. The summed E-state index contributed by atoms with van der Waals surface area (Å²) >= 11 is 12.3. The van der Waals surface area contributed by atoms with E-state index in [0.29, 0.717) is 34.2 Å². The van der Waals surface area contributed by atoms with Crippen LogP contribution in [0.5, 0.6) is 0 Å². The van der Waals surface area contributed by atoms with Gasteiger partial charge in [-0.25, -0.2) is 14.4 Å². The number of carbonyl (C=O) groups excluding carboxylic acids is 1. The molecule has 4 unspecified atom stereocenters. The molecule has 3 saturated heterocycles. The van der Waals surface area contributed by atoms with E-state index in [9.17, 15) is 19.0 Å². The van der Waals surface area contributed by atoms with Gasteiger partial charge in [0.05, 0.1) is 46.3 Å². The van der Waals surface area contributed by atoms with Gasteiger partial charge in [0.1, 0.15) is 36.2 Å². The molecule has 4 aromatic rings. The van der Waals surface area contributed by atoms with Crippen LogP contribution in [0.3, 0.4) is 0 Å². The zero-order chi connectivity index (χ0) is 34.4. The standard InChI is InChI=1S/C27H24B2Cl2FN5O10P2/c28-48(40)43-9-18-24(22(39)27(45-18)37-10-34-15-5-12(30)13(31)6-16(15)37)47-49(29,41)42-8-17-23(46-48)21(32)26(44-17)36-7-11-1-2-19(38)35-14-3-4-33-25(36)20(11)14/h3-7,10,17-18,21-24,26-27,39H,1-2,8-9H2,(H,35,38)/t17-,18-,21+,22?,23?,24+,26-,27-,48?,49?/m1/s1. The number of nitrogens with one attached hydrogen (secondary N) is 1. The van der Waals surface area contributed by atoms with Gasteiger partial charge in [0, 0.05) is 24.2 Å². The van der Waals surface area contributed by atoms with Gasteiger partial charge in [-0.2, -0.15) is 0 Å². The number of aliphatic hydroxyl groups is 1. The van der Waals surface area contributed by atoms with Crippen LogP contribution < -0.4 is 5.32 Å². The molecule has 1 aromatic carbocycles. The van der Waals surface area contributed by atoms with Gasteiger partial charge in [0.15, 0.2) is 18.6 Å². The van der Waals surface area contributed by atoms with E-state index in [1.165, 1.54) is 33.8 Å². The van der Waals surface area contributed by atoms with Crippen LogP contribution in [0.25, 0.3) is 22.1 Å². The predicted molar refractivity (Wildman–Crippen MR) is 174 cm³/mol. The van der Waals surface area contributed by atoms with Crippen molar-refractivity contribution in [3.8, 4) is 0 Å². The van der Waals surface area contributed by atoms with Crippen molar-refractivity contribution < 1.29 is 51.0 Å². The van der Waals surface area contributed by atoms with E-state index < -0.39 is 77.3 Å². The number of fused-ring (bicyclic) bond motifs is 3. The molecule has 0 bridgehead atoms. The lowest BCUT2D eigenvalue weighted by atomic mass is 10.1. The van der Waals surface area contributed by atoms with Crippen molar-refractivity contribution in [3.05, 3.63) is 52.5 Å². The molecule has 8 rings (SSSR count). The first-order chi connectivity index (χ1) is 23.3. The van der Waals surface area contributed by atoms with Crippen molar-refractivity contribution in [2.45, 2.75) is 62.0 Å². The Hall–Kier alpha value is -2.33. The van der Waals surface area contributed by atoms with E-state index in [2.05, 4.69) is 15.3 Å². The van der Waals surface area contributed by atoms with Crippen LogP contribution in [-0.4, -0.2) is 95.2 Å². The van der Waals surface area contributed by atoms with Gasteiger partial charge in [-0.1, -0.05) is 23.2 Å². The van der Waals surface area contributed by atoms with Gasteiger partial charge in [-0.3, -0.25) is 13.9 Å². The van der Waals surface area contributed by atoms with Gasteiger partial charge in [0.2, 0.25) is 21.0 Å². The molecule has 0 spiro atoms. The molecule has 4 aliphatic rings. The van der Waals surface area contributed by atoms with Crippen molar-refractivity contribution in [2.75, 3.05) is 18.5 Å². The minimum absolute atomic E-state index is 0.172. The summed E-state index contributed by atoms with van der Waals surface area (Å²) in [6.07, 6.45) is -7.00. The summed E-state index contributed by atoms with van der Waals surface area (Å²) in [6, 6.07) is 4.67. The Morgan fingerprint density at radius 3 is 2.39 bits per heavy atom. The molecule has 7 heterocycles. The van der Waals surface area contributed by atoms with Gasteiger partial charge in [0.25, 0.3) is 14.9 Å². The lowest BCUT2D eigenvalue weighted by Crippen LogP contribution is -2.38. The van der Waals surface area contributed by atoms with E-state index in [-0.39, 0.29) is 22.4 Å². The molecule has 3 aromatic heterocycles. The average Bonchev–Trinajstić information content (AvgIpc) is 3.75. The van der Waals surface area contributed by atoms with E-state index in [1.807, 2.05) is 0 Å². The number of aryl methyl sites for hydroxylation is 1. The average molecular weight is 752 g/mol. The van der Waals surface area contributed by atoms with Crippen molar-refractivity contribution in [1.29, 1.82) is 0 Å². The highest BCUT2D eigenvalue weighted by Crippen LogP contribution is 2.54. The Morgan fingerprint density at radius 1 is 0.959 bits per heavy atom. The maximum absolute atomic E-state index is 16.4. The van der Waals surface area contributed by atoms with Gasteiger partial charge in [-0.15, -0.1) is 0 Å². The number of imidazole rings is 1. The second-order valence-electron chi connectivity index (χ2n) is 12.0. The minimum Gasteiger partial charge on any atom is -0.386 e. The van der Waals surface area contributed by atoms with Crippen LogP contribution in [-0.2, 0) is 47.9 Å². The van der Waals surface area contributed by atoms with E-state index >= 15 is 4.39 Å². The van der Waals surface area contributed by atoms with Crippen molar-refractivity contribution in [3.63, 3.8) is 0 Å². The third kappa shape index (κ3) is 6.08. The number of alkyl halides is 1. The van der Waals surface area contributed by atoms with Gasteiger partial charge < -0.3 is 47.1 Å². The number of benzene rings is 1. The number of carbonyl (C=O) groups is 1. The summed E-state index contributed by atoms with van der Waals surface area (Å²) in [4.78, 5) is 20.8. The van der Waals surface area contributed by atoms with Crippen LogP contribution in [0.15, 0.2) is 36.9 Å². The molecule has 4 radical (unpaired) electrons. The fourth-order valence-electron chi connectivity index (χ4n) is 6.58. The highest BCUT2D eigenvalue weighted by Gasteiger charge is 2.53. The summed E-state index contributed by atoms with van der Waals surface area (Å²) in [7, 11) is 2.81. The Labute approximate surface area is 289 Å². The maximum Gasteiger partial charge on any atom is 0.264 e. The number of hydrogen-bond acceptors (Lipinski definition) is 12. The van der Waals surface area contributed by atoms with Crippen molar-refractivity contribution in [2.24, 2.45) is 0 Å². The molecule has 1 amide bonds. The Kier molecular flexibility index (Phi) is 8.56. The zero-order valence-electron chi connectivity index (χ0n) is 25.0. The Morgan fingerprint density at radius 2 is 1.63 bits per heavy atom. The molecule has 22 heteroatoms. The Balaban J connectivity index is 1.08. The summed E-state index contributed by atoms with van der Waals surface area (Å²) in [5, 5.41) is 15.2. The normalized spacial score (nSPS) is 36.9. The Bertz CT molecular complexity index is 2090. The number of pyridine rings is 1. The second-order valence-corrected chi connectivity index (χ2v) is 15.9. The number of amides is 1. The summed E-state index contributed by atoms with van der Waals surface area (Å²) in [6.45, 7) is -1.30. The van der Waals surface area contributed by atoms with Crippen LogP contribution >= 0.6 is 38.2 Å². The van der Waals surface area contributed by atoms with E-state index in [4.69, 9.17) is 65.9 Å². The first-order valence-electron chi connectivity index (χ1n) is 14.9. The number of anilines is 1. The largest absolute Gasteiger partial charge is 0.386 e. The van der Waals surface area contributed by atoms with Crippen LogP contribution in [0.4, 0.5) is 10.1 Å². The molecule has 49 heavy (non-hydrogen) atoms. The highest BCUT2D eigenvalue weighted by molar-refractivity contribution is 7.79. The number of ether oxygens (including phenoxy) is 2. The number of rotatable bonds is 2. The zero-order valence-corrected chi connectivity index (χ0v) is 28.3. The lowest BCUT2D eigenvalue weighted by Gasteiger charge is -2.30. The number of aliphatic hydroxyl groups excluding tert-OH is 1. The quantitative estimate of drug-likeness (QED) is 0.222. The summed E-state index contributed by atoms with van der Waals surface area (Å²) in [5.41, 5.74) is 2.41. The molecule has 2 N–H and O–H groups in total. The number of hydrogen-bond donors (Lipinski definition) is 2. The van der Waals surface area contributed by atoms with Crippen molar-refractivity contribution >= 4 is 86.9 Å². The van der Waals surface area contributed by atoms with E-state index in [1.54, 1.807) is 12.3 Å². The molecular formula is C27H24B2Cl2FN5O10P2. The monoisotopic (exact) mass is 751 g/mol. The molecular weight excluding hydrogens is 728 g/mol. The third-order valence-corrected chi connectivity index (χ3v) is 11.6. The second kappa shape index (κ2) is 12.4. The van der Waals surface area contributed by atoms with Crippen LogP contribution in [0.1, 0.15) is 24.4 Å².